The molecule has 1 aromatic heterocycles. The zero-order chi connectivity index (χ0) is 41.4. The number of carbonyl (C=O) groups is 5. The summed E-state index contributed by atoms with van der Waals surface area (Å²) in [4.78, 5) is 75.2. The second-order valence-corrected chi connectivity index (χ2v) is 17.8. The Bertz CT molecular complexity index is 2150. The predicted molar refractivity (Wildman–Crippen MR) is 217 cm³/mol. The molecule has 2 fully saturated rings. The van der Waals surface area contributed by atoms with E-state index in [0.717, 1.165) is 69.5 Å². The Morgan fingerprint density at radius 1 is 1.00 bits per heavy atom. The molecule has 4 heterocycles. The number of imide groups is 2. The van der Waals surface area contributed by atoms with Gasteiger partial charge >= 0.3 is 0 Å². The van der Waals surface area contributed by atoms with Crippen molar-refractivity contribution in [2.45, 2.75) is 93.9 Å². The van der Waals surface area contributed by atoms with Crippen molar-refractivity contribution < 1.29 is 37.1 Å². The third-order valence-corrected chi connectivity index (χ3v) is 12.9. The number of para-hydroxylation sites is 1. The standard InChI is InChI=1S/C40H49ClN8O8S/c1-25(2)58(55,56)32-16-7-6-14-29(32)45-36-28(41)22-43-40(47-36)44-26-12-11-21-48(23-26)20-9-5-3-4-8-19-42-34(51)24-57-31-15-10-13-27-35(31)39(54)49(38(27)53)30-17-18-33(50)46-37(30)52/h6-7,10,13-16,22,25-26,30H,3-5,8-9,11-12,17-21,23-24H2,1-2H3,(H,42,51)(H,46,50,52)(H2,43,44,45,47)/t26-,30?/m1/s1. The maximum Gasteiger partial charge on any atom is 0.266 e. The van der Waals surface area contributed by atoms with Crippen LogP contribution in [0.5, 0.6) is 5.75 Å². The van der Waals surface area contributed by atoms with Crippen molar-refractivity contribution in [3.05, 3.63) is 64.8 Å². The Kier molecular flexibility index (Phi) is 14.0. The van der Waals surface area contributed by atoms with E-state index in [0.29, 0.717) is 24.0 Å². The predicted octanol–water partition coefficient (Wildman–Crippen LogP) is 4.48. The Balaban J connectivity index is 0.872. The normalized spacial score (nSPS) is 18.6. The van der Waals surface area contributed by atoms with Crippen molar-refractivity contribution in [3.8, 4) is 5.75 Å². The molecule has 18 heteroatoms. The van der Waals surface area contributed by atoms with Crippen LogP contribution in [0, 0.1) is 0 Å². The van der Waals surface area contributed by atoms with Crippen molar-refractivity contribution in [2.75, 3.05) is 43.4 Å². The zero-order valence-electron chi connectivity index (χ0n) is 32.6. The lowest BCUT2D eigenvalue weighted by molar-refractivity contribution is -0.136. The molecule has 310 valence electrons. The number of nitrogens with one attached hydrogen (secondary N) is 4. The maximum absolute atomic E-state index is 13.2. The van der Waals surface area contributed by atoms with E-state index in [9.17, 15) is 32.4 Å². The molecule has 0 radical (unpaired) electrons. The molecule has 2 atom stereocenters. The number of piperidine rings is 2. The molecule has 58 heavy (non-hydrogen) atoms. The van der Waals surface area contributed by atoms with E-state index >= 15 is 0 Å². The lowest BCUT2D eigenvalue weighted by Gasteiger charge is -2.33. The summed E-state index contributed by atoms with van der Waals surface area (Å²) in [6.45, 7) is 6.23. The van der Waals surface area contributed by atoms with Gasteiger partial charge in [-0.15, -0.1) is 0 Å². The highest BCUT2D eigenvalue weighted by Gasteiger charge is 2.46. The van der Waals surface area contributed by atoms with Crippen molar-refractivity contribution in [3.63, 3.8) is 0 Å². The molecule has 3 aromatic rings. The van der Waals surface area contributed by atoms with Crippen LogP contribution in [0.4, 0.5) is 17.5 Å². The van der Waals surface area contributed by atoms with E-state index in [-0.39, 0.29) is 58.2 Å². The second kappa shape index (κ2) is 19.1. The van der Waals surface area contributed by atoms with Gasteiger partial charge in [0.2, 0.25) is 17.8 Å². The fourth-order valence-electron chi connectivity index (χ4n) is 7.30. The number of benzene rings is 2. The van der Waals surface area contributed by atoms with E-state index in [4.69, 9.17) is 16.3 Å². The van der Waals surface area contributed by atoms with E-state index in [1.54, 1.807) is 44.2 Å². The molecule has 2 saturated heterocycles. The van der Waals surface area contributed by atoms with Crippen molar-refractivity contribution >= 4 is 68.4 Å². The smallest absolute Gasteiger partial charge is 0.266 e. The van der Waals surface area contributed by atoms with Crippen LogP contribution < -0.4 is 26.0 Å². The summed E-state index contributed by atoms with van der Waals surface area (Å²) in [5, 5.41) is 11.2. The van der Waals surface area contributed by atoms with Gasteiger partial charge < -0.3 is 25.6 Å². The van der Waals surface area contributed by atoms with E-state index in [1.807, 2.05) is 0 Å². The molecular weight excluding hydrogens is 788 g/mol. The largest absolute Gasteiger partial charge is 0.483 e. The van der Waals surface area contributed by atoms with Gasteiger partial charge in [-0.25, -0.2) is 13.4 Å². The van der Waals surface area contributed by atoms with Crippen LogP contribution in [0.2, 0.25) is 5.02 Å². The van der Waals surface area contributed by atoms with Gasteiger partial charge in [0.05, 0.1) is 33.2 Å². The maximum atomic E-state index is 13.2. The van der Waals surface area contributed by atoms with Crippen molar-refractivity contribution in [1.82, 2.24) is 30.4 Å². The van der Waals surface area contributed by atoms with Gasteiger partial charge in [-0.1, -0.05) is 49.1 Å². The molecule has 0 aliphatic carbocycles. The minimum absolute atomic E-state index is 0.000692. The molecule has 0 spiro atoms. The van der Waals surface area contributed by atoms with Crippen LogP contribution in [-0.2, 0) is 24.2 Å². The number of hydrogen-bond acceptors (Lipinski definition) is 13. The highest BCUT2D eigenvalue weighted by molar-refractivity contribution is 7.92. The number of unbranched alkanes of at least 4 members (excludes halogenated alkanes) is 4. The number of likely N-dealkylation sites (tertiary alicyclic amines) is 1. The molecule has 3 aliphatic heterocycles. The first-order valence-electron chi connectivity index (χ1n) is 19.7. The summed E-state index contributed by atoms with van der Waals surface area (Å²) >= 11 is 6.42. The van der Waals surface area contributed by atoms with Gasteiger partial charge in [0, 0.05) is 25.6 Å². The molecule has 4 N–H and O–H groups in total. The summed E-state index contributed by atoms with van der Waals surface area (Å²) < 4.78 is 31.5. The topological polar surface area (TPSA) is 209 Å². The average molecular weight is 837 g/mol. The summed E-state index contributed by atoms with van der Waals surface area (Å²) in [5.74, 6) is -2.03. The van der Waals surface area contributed by atoms with Gasteiger partial charge in [0.1, 0.15) is 16.8 Å². The van der Waals surface area contributed by atoms with Crippen LogP contribution in [0.3, 0.4) is 0 Å². The molecule has 1 unspecified atom stereocenters. The minimum Gasteiger partial charge on any atom is -0.483 e. The summed E-state index contributed by atoms with van der Waals surface area (Å²) in [6.07, 6.45) is 8.42. The number of halogens is 1. The number of carbonyl (C=O) groups excluding carboxylic acids is 5. The number of fused-ring (bicyclic) bond motifs is 1. The number of hydrogen-bond donors (Lipinski definition) is 4. The van der Waals surface area contributed by atoms with Crippen LogP contribution >= 0.6 is 11.6 Å². The monoisotopic (exact) mass is 836 g/mol. The summed E-state index contributed by atoms with van der Waals surface area (Å²) in [6, 6.07) is 10.3. The van der Waals surface area contributed by atoms with Gasteiger partial charge in [0.25, 0.3) is 17.7 Å². The molecule has 0 saturated carbocycles. The highest BCUT2D eigenvalue weighted by atomic mass is 35.5. The Morgan fingerprint density at radius 3 is 2.57 bits per heavy atom. The highest BCUT2D eigenvalue weighted by Crippen LogP contribution is 2.34. The van der Waals surface area contributed by atoms with Gasteiger partial charge in [-0.2, -0.15) is 4.98 Å². The molecule has 6 rings (SSSR count). The number of rotatable bonds is 18. The van der Waals surface area contributed by atoms with E-state index < -0.39 is 44.8 Å². The number of nitrogens with zero attached hydrogens (tertiary/aromatic N) is 4. The first kappa shape index (κ1) is 42.5. The number of anilines is 3. The Hall–Kier alpha value is -5.13. The SMILES string of the molecule is CC(C)S(=O)(=O)c1ccccc1Nc1nc(N[C@@H]2CCCN(CCCCCCCNC(=O)COc3cccc4c3C(=O)N(C3CCC(=O)NC3=O)C4=O)C2)ncc1Cl. The Morgan fingerprint density at radius 2 is 1.78 bits per heavy atom. The number of sulfone groups is 1. The molecular formula is C40H49ClN8O8S. The van der Waals surface area contributed by atoms with E-state index in [1.165, 1.54) is 18.3 Å². The van der Waals surface area contributed by atoms with Gasteiger partial charge in [0.15, 0.2) is 22.3 Å². The fraction of sp³-hybridized carbons (Fsp3) is 0.475. The Labute approximate surface area is 342 Å². The van der Waals surface area contributed by atoms with Crippen LogP contribution in [0.25, 0.3) is 0 Å². The van der Waals surface area contributed by atoms with Crippen LogP contribution in [-0.4, -0.2) is 108 Å². The molecule has 16 nitrogen and oxygen atoms in total. The average Bonchev–Trinajstić information content (AvgIpc) is 3.45. The number of ether oxygens (including phenoxy) is 1. The number of aromatic nitrogens is 2. The molecule has 0 bridgehead atoms. The lowest BCUT2D eigenvalue weighted by Crippen LogP contribution is -2.54. The first-order chi connectivity index (χ1) is 27.8. The van der Waals surface area contributed by atoms with Gasteiger partial charge in [-0.3, -0.25) is 34.2 Å². The quantitative estimate of drug-likeness (QED) is 0.103. The van der Waals surface area contributed by atoms with Crippen molar-refractivity contribution in [1.29, 1.82) is 0 Å². The lowest BCUT2D eigenvalue weighted by atomic mass is 10.0. The first-order valence-corrected chi connectivity index (χ1v) is 21.6. The van der Waals surface area contributed by atoms with Crippen LogP contribution in [0.1, 0.15) is 92.4 Å². The van der Waals surface area contributed by atoms with E-state index in [2.05, 4.69) is 36.1 Å². The summed E-state index contributed by atoms with van der Waals surface area (Å²) in [5.41, 5.74) is 0.486. The minimum atomic E-state index is -3.54. The molecule has 3 aliphatic rings. The number of amides is 5. The third-order valence-electron chi connectivity index (χ3n) is 10.4. The molecule has 5 amide bonds. The summed E-state index contributed by atoms with van der Waals surface area (Å²) in [7, 11) is -3.54. The third kappa shape index (κ3) is 10.1. The molecule has 2 aromatic carbocycles. The zero-order valence-corrected chi connectivity index (χ0v) is 34.2. The second-order valence-electron chi connectivity index (χ2n) is 14.9. The van der Waals surface area contributed by atoms with Gasteiger partial charge in [-0.05, 0) is 83.3 Å². The van der Waals surface area contributed by atoms with Crippen LogP contribution in [0.15, 0.2) is 53.6 Å². The fourth-order valence-corrected chi connectivity index (χ4v) is 8.64. The van der Waals surface area contributed by atoms with Crippen molar-refractivity contribution in [2.24, 2.45) is 0 Å².